The van der Waals surface area contributed by atoms with Gasteiger partial charge in [0.05, 0.1) is 10.2 Å². The van der Waals surface area contributed by atoms with Crippen LogP contribution in [-0.4, -0.2) is 47.6 Å². The van der Waals surface area contributed by atoms with Gasteiger partial charge in [0.25, 0.3) is 0 Å². The Kier molecular flexibility index (Phi) is 7.82. The number of likely N-dealkylation sites (tertiary alicyclic amines) is 1. The summed E-state index contributed by atoms with van der Waals surface area (Å²) in [4.78, 5) is 21.9. The first-order valence-electron chi connectivity index (χ1n) is 10.7. The molecular formula is C22H34N4OS2. The molecule has 5 nitrogen and oxygen atoms in total. The molecule has 0 unspecified atom stereocenters. The number of nitrogens with zero attached hydrogens (tertiary/aromatic N) is 3. The minimum absolute atomic E-state index is 0.00628. The number of carbonyl (C=O) groups excluding carboxylic acids is 1. The number of benzene rings is 1. The molecule has 1 fully saturated rings. The molecule has 7 heteroatoms. The van der Waals surface area contributed by atoms with Crippen LogP contribution in [0.5, 0.6) is 0 Å². The molecule has 1 N–H and O–H groups in total. The van der Waals surface area contributed by atoms with Gasteiger partial charge < -0.3 is 10.2 Å². The Hall–Kier alpha value is -1.31. The molecule has 0 saturated carbocycles. The number of carbonyl (C=O) groups is 1. The van der Waals surface area contributed by atoms with E-state index in [1.165, 1.54) is 19.4 Å². The average molecular weight is 435 g/mol. The molecule has 1 aliphatic rings. The van der Waals surface area contributed by atoms with Crippen LogP contribution >= 0.6 is 24.0 Å². The molecule has 29 heavy (non-hydrogen) atoms. The molecule has 0 spiro atoms. The summed E-state index contributed by atoms with van der Waals surface area (Å²) in [6.45, 7) is 12.0. The number of thiazole rings is 1. The number of amides is 2. The van der Waals surface area contributed by atoms with Crippen molar-refractivity contribution < 1.29 is 4.79 Å². The largest absolute Gasteiger partial charge is 0.335 e. The number of fused-ring (bicyclic) bond motifs is 1. The Morgan fingerprint density at radius 1 is 1.31 bits per heavy atom. The van der Waals surface area contributed by atoms with Gasteiger partial charge in [0, 0.05) is 30.9 Å². The van der Waals surface area contributed by atoms with Crippen molar-refractivity contribution in [2.24, 2.45) is 5.92 Å². The van der Waals surface area contributed by atoms with Crippen LogP contribution in [0.1, 0.15) is 53.4 Å². The van der Waals surface area contributed by atoms with Gasteiger partial charge in [0.2, 0.25) is 0 Å². The molecule has 1 aromatic carbocycles. The fraction of sp³-hybridized carbons (Fsp3) is 0.636. The van der Waals surface area contributed by atoms with E-state index in [1.807, 2.05) is 23.1 Å². The highest BCUT2D eigenvalue weighted by Gasteiger charge is 2.25. The Bertz CT molecular complexity index is 812. The maximum atomic E-state index is 13.1. The van der Waals surface area contributed by atoms with Crippen molar-refractivity contribution in [3.63, 3.8) is 0 Å². The number of thiol groups is 1. The Balaban J connectivity index is 1.57. The van der Waals surface area contributed by atoms with E-state index < -0.39 is 0 Å². The van der Waals surface area contributed by atoms with Crippen molar-refractivity contribution in [3.05, 3.63) is 18.2 Å². The number of piperidine rings is 1. The lowest BCUT2D eigenvalue weighted by Gasteiger charge is -2.35. The second-order valence-corrected chi connectivity index (χ2v) is 10.5. The van der Waals surface area contributed by atoms with Gasteiger partial charge in [-0.1, -0.05) is 13.8 Å². The lowest BCUT2D eigenvalue weighted by Crippen LogP contribution is -2.51. The predicted octanol–water partition coefficient (Wildman–Crippen LogP) is 5.41. The molecule has 160 valence electrons. The standard InChI is InChI=1S/C22H34N4OS2/c1-15(2)6-5-11-25-12-9-17(10-13-25)23-21(27)26(16(3)4)18-7-8-19-20(14-18)29-22(28)24-19/h7-8,14-17H,5-6,9-13H2,1-4H3,(H,23,27)(H,24,28). The van der Waals surface area contributed by atoms with E-state index in [0.29, 0.717) is 0 Å². The summed E-state index contributed by atoms with van der Waals surface area (Å²) in [5.74, 6) is 0.775. The number of aromatic nitrogens is 1. The normalized spacial score (nSPS) is 16.1. The third-order valence-electron chi connectivity index (χ3n) is 5.55. The minimum Gasteiger partial charge on any atom is -0.335 e. The van der Waals surface area contributed by atoms with E-state index in [2.05, 4.69) is 55.5 Å². The summed E-state index contributed by atoms with van der Waals surface area (Å²) in [6, 6.07) is 6.32. The number of nitrogens with one attached hydrogen (secondary N) is 1. The van der Waals surface area contributed by atoms with Gasteiger partial charge in [-0.2, -0.15) is 0 Å². The number of hydrogen-bond donors (Lipinski definition) is 2. The van der Waals surface area contributed by atoms with Gasteiger partial charge in [-0.3, -0.25) is 4.90 Å². The van der Waals surface area contributed by atoms with Crippen molar-refractivity contribution in [2.45, 2.75) is 69.8 Å². The second kappa shape index (κ2) is 10.1. The van der Waals surface area contributed by atoms with Crippen LogP contribution < -0.4 is 10.2 Å². The second-order valence-electron chi connectivity index (χ2n) is 8.71. The first-order chi connectivity index (χ1) is 13.8. The molecule has 0 aliphatic carbocycles. The monoisotopic (exact) mass is 434 g/mol. The third kappa shape index (κ3) is 6.09. The summed E-state index contributed by atoms with van der Waals surface area (Å²) in [5.41, 5.74) is 1.84. The van der Waals surface area contributed by atoms with Crippen molar-refractivity contribution in [3.8, 4) is 0 Å². The van der Waals surface area contributed by atoms with E-state index in [4.69, 9.17) is 0 Å². The molecule has 1 saturated heterocycles. The van der Waals surface area contributed by atoms with Gasteiger partial charge in [0.1, 0.15) is 4.34 Å². The Labute approximate surface area is 184 Å². The van der Waals surface area contributed by atoms with E-state index in [9.17, 15) is 4.79 Å². The molecular weight excluding hydrogens is 400 g/mol. The first kappa shape index (κ1) is 22.4. The third-order valence-corrected chi connectivity index (χ3v) is 6.74. The number of rotatable bonds is 7. The summed E-state index contributed by atoms with van der Waals surface area (Å²) in [7, 11) is 0. The number of hydrogen-bond acceptors (Lipinski definition) is 5. The highest BCUT2D eigenvalue weighted by Crippen LogP contribution is 2.29. The highest BCUT2D eigenvalue weighted by atomic mass is 32.2. The molecule has 1 aromatic heterocycles. The zero-order chi connectivity index (χ0) is 21.0. The van der Waals surface area contributed by atoms with Gasteiger partial charge >= 0.3 is 6.03 Å². The van der Waals surface area contributed by atoms with E-state index in [1.54, 1.807) is 11.3 Å². The van der Waals surface area contributed by atoms with E-state index in [0.717, 1.165) is 52.1 Å². The fourth-order valence-corrected chi connectivity index (χ4v) is 5.11. The molecule has 1 aliphatic heterocycles. The molecule has 0 atom stereocenters. The topological polar surface area (TPSA) is 48.5 Å². The Morgan fingerprint density at radius 2 is 2.03 bits per heavy atom. The predicted molar refractivity (Wildman–Crippen MR) is 127 cm³/mol. The van der Waals surface area contributed by atoms with Crippen LogP contribution in [0.25, 0.3) is 10.2 Å². The SMILES string of the molecule is CC(C)CCCN1CCC(NC(=O)N(c2ccc3nc(S)sc3c2)C(C)C)CC1. The summed E-state index contributed by atoms with van der Waals surface area (Å²) in [5, 5.41) is 3.28. The quantitative estimate of drug-likeness (QED) is 0.573. The van der Waals surface area contributed by atoms with Gasteiger partial charge in [0.15, 0.2) is 0 Å². The molecule has 0 bridgehead atoms. The lowest BCUT2D eigenvalue weighted by molar-refractivity contribution is 0.189. The maximum Gasteiger partial charge on any atom is 0.322 e. The van der Waals surface area contributed by atoms with E-state index >= 15 is 0 Å². The number of urea groups is 1. The lowest BCUT2D eigenvalue weighted by atomic mass is 10.0. The Morgan fingerprint density at radius 3 is 2.69 bits per heavy atom. The van der Waals surface area contributed by atoms with Crippen LogP contribution in [-0.2, 0) is 0 Å². The van der Waals surface area contributed by atoms with Crippen molar-refractivity contribution in [1.82, 2.24) is 15.2 Å². The maximum absolute atomic E-state index is 13.1. The molecule has 3 rings (SSSR count). The van der Waals surface area contributed by atoms with Crippen LogP contribution in [0.2, 0.25) is 0 Å². The average Bonchev–Trinajstić information content (AvgIpc) is 3.02. The summed E-state index contributed by atoms with van der Waals surface area (Å²) >= 11 is 5.89. The van der Waals surface area contributed by atoms with Crippen molar-refractivity contribution in [1.29, 1.82) is 0 Å². The summed E-state index contributed by atoms with van der Waals surface area (Å²) < 4.78 is 1.80. The molecule has 2 heterocycles. The van der Waals surface area contributed by atoms with E-state index in [-0.39, 0.29) is 18.1 Å². The highest BCUT2D eigenvalue weighted by molar-refractivity contribution is 7.82. The van der Waals surface area contributed by atoms with Crippen molar-refractivity contribution in [2.75, 3.05) is 24.5 Å². The summed E-state index contributed by atoms with van der Waals surface area (Å²) in [6.07, 6.45) is 4.61. The first-order valence-corrected chi connectivity index (χ1v) is 12.0. The van der Waals surface area contributed by atoms with Gasteiger partial charge in [-0.05, 0) is 70.2 Å². The van der Waals surface area contributed by atoms with Crippen LogP contribution in [0.4, 0.5) is 10.5 Å². The molecule has 0 radical (unpaired) electrons. The zero-order valence-corrected chi connectivity index (χ0v) is 19.7. The van der Waals surface area contributed by atoms with Crippen LogP contribution in [0, 0.1) is 5.92 Å². The van der Waals surface area contributed by atoms with Crippen molar-refractivity contribution >= 4 is 45.9 Å². The number of anilines is 1. The zero-order valence-electron chi connectivity index (χ0n) is 18.0. The van der Waals surface area contributed by atoms with Crippen LogP contribution in [0.3, 0.4) is 0 Å². The van der Waals surface area contributed by atoms with Crippen LogP contribution in [0.15, 0.2) is 22.5 Å². The van der Waals surface area contributed by atoms with Gasteiger partial charge in [-0.15, -0.1) is 24.0 Å². The fourth-order valence-electron chi connectivity index (χ4n) is 3.97. The molecule has 2 aromatic rings. The molecule has 2 amide bonds. The van der Waals surface area contributed by atoms with Gasteiger partial charge in [-0.25, -0.2) is 9.78 Å². The minimum atomic E-state index is -0.00628. The smallest absolute Gasteiger partial charge is 0.322 e.